The highest BCUT2D eigenvalue weighted by atomic mass is 16.5. The number of ether oxygens (including phenoxy) is 1. The molecule has 2 aromatic rings. The van der Waals surface area contributed by atoms with Crippen molar-refractivity contribution < 1.29 is 9.53 Å². The fraction of sp³-hybridized carbons (Fsp3) is 0.385. The van der Waals surface area contributed by atoms with Gasteiger partial charge in [0.15, 0.2) is 0 Å². The van der Waals surface area contributed by atoms with Crippen LogP contribution < -0.4 is 5.56 Å². The predicted octanol–water partition coefficient (Wildman–Crippen LogP) is 0.244. The number of aromatic nitrogens is 3. The van der Waals surface area contributed by atoms with E-state index in [-0.39, 0.29) is 24.7 Å². The van der Waals surface area contributed by atoms with Crippen LogP contribution in [0.2, 0.25) is 0 Å². The minimum atomic E-state index is -0.336. The normalized spacial score (nSPS) is 10.9. The molecule has 7 heteroatoms. The van der Waals surface area contributed by atoms with Crippen molar-refractivity contribution in [3.8, 4) is 0 Å². The van der Waals surface area contributed by atoms with Gasteiger partial charge in [-0.2, -0.15) is 4.68 Å². The molecule has 1 aromatic carbocycles. The summed E-state index contributed by atoms with van der Waals surface area (Å²) in [6.45, 7) is 2.35. The van der Waals surface area contributed by atoms with Crippen LogP contribution in [-0.4, -0.2) is 46.1 Å². The molecule has 0 aliphatic carbocycles. The Balaban J connectivity index is 2.16. The van der Waals surface area contributed by atoms with Crippen molar-refractivity contribution in [2.24, 2.45) is 0 Å². The standard InChI is InChI=1S/C13H16N4O3/c1-3-20-12(18)8-16(2)9-17-13(19)10-6-4-5-7-11(10)14-15-17/h4-7H,3,8-9H2,1-2H3. The van der Waals surface area contributed by atoms with E-state index in [0.29, 0.717) is 17.5 Å². The summed E-state index contributed by atoms with van der Waals surface area (Å²) in [6.07, 6.45) is 0. The number of hydrogen-bond donors (Lipinski definition) is 0. The molecule has 106 valence electrons. The molecular formula is C13H16N4O3. The highest BCUT2D eigenvalue weighted by molar-refractivity contribution is 5.76. The summed E-state index contributed by atoms with van der Waals surface area (Å²) in [6, 6.07) is 7.01. The third-order valence-electron chi connectivity index (χ3n) is 2.71. The van der Waals surface area contributed by atoms with Gasteiger partial charge in [-0.05, 0) is 26.1 Å². The Morgan fingerprint density at radius 1 is 1.40 bits per heavy atom. The molecule has 20 heavy (non-hydrogen) atoms. The van der Waals surface area contributed by atoms with E-state index in [1.54, 1.807) is 43.1 Å². The van der Waals surface area contributed by atoms with Crippen LogP contribution in [-0.2, 0) is 16.2 Å². The van der Waals surface area contributed by atoms with Crippen LogP contribution in [0.1, 0.15) is 6.92 Å². The lowest BCUT2D eigenvalue weighted by Crippen LogP contribution is -2.35. The summed E-state index contributed by atoms with van der Waals surface area (Å²) in [7, 11) is 1.71. The largest absolute Gasteiger partial charge is 0.465 e. The van der Waals surface area contributed by atoms with Gasteiger partial charge in [0.2, 0.25) is 0 Å². The molecule has 0 N–H and O–H groups in total. The number of nitrogens with zero attached hydrogens (tertiary/aromatic N) is 4. The smallest absolute Gasteiger partial charge is 0.320 e. The van der Waals surface area contributed by atoms with Crippen LogP contribution in [0.15, 0.2) is 29.1 Å². The number of carbonyl (C=O) groups excluding carboxylic acids is 1. The molecule has 1 heterocycles. The molecule has 0 spiro atoms. The maximum absolute atomic E-state index is 12.2. The lowest BCUT2D eigenvalue weighted by molar-refractivity contribution is -0.144. The van der Waals surface area contributed by atoms with Crippen LogP contribution in [0.4, 0.5) is 0 Å². The Hall–Kier alpha value is -2.28. The molecule has 0 saturated heterocycles. The molecule has 0 bridgehead atoms. The van der Waals surface area contributed by atoms with Crippen molar-refractivity contribution >= 4 is 16.9 Å². The highest BCUT2D eigenvalue weighted by Crippen LogP contribution is 2.03. The second kappa shape index (κ2) is 6.25. The number of rotatable bonds is 5. The van der Waals surface area contributed by atoms with Gasteiger partial charge in [0.05, 0.1) is 25.2 Å². The first-order valence-corrected chi connectivity index (χ1v) is 6.28. The van der Waals surface area contributed by atoms with Gasteiger partial charge in [0.1, 0.15) is 5.52 Å². The van der Waals surface area contributed by atoms with Gasteiger partial charge in [0, 0.05) is 0 Å². The molecule has 2 rings (SSSR count). The lowest BCUT2D eigenvalue weighted by atomic mass is 10.2. The topological polar surface area (TPSA) is 77.3 Å². The van der Waals surface area contributed by atoms with E-state index >= 15 is 0 Å². The van der Waals surface area contributed by atoms with Crippen LogP contribution >= 0.6 is 0 Å². The number of esters is 1. The zero-order valence-electron chi connectivity index (χ0n) is 11.4. The Bertz CT molecular complexity index is 668. The van der Waals surface area contributed by atoms with Gasteiger partial charge in [0.25, 0.3) is 5.56 Å². The zero-order chi connectivity index (χ0) is 14.5. The molecule has 0 saturated carbocycles. The monoisotopic (exact) mass is 276 g/mol. The summed E-state index contributed by atoms with van der Waals surface area (Å²) >= 11 is 0. The molecule has 0 fully saturated rings. The van der Waals surface area contributed by atoms with E-state index in [4.69, 9.17) is 4.74 Å². The molecule has 0 aliphatic rings. The Morgan fingerprint density at radius 2 is 2.15 bits per heavy atom. The number of carbonyl (C=O) groups is 1. The fourth-order valence-electron chi connectivity index (χ4n) is 1.82. The Labute approximate surface area is 115 Å². The van der Waals surface area contributed by atoms with Gasteiger partial charge in [-0.25, -0.2) is 0 Å². The second-order valence-corrected chi connectivity index (χ2v) is 4.37. The van der Waals surface area contributed by atoms with Crippen molar-refractivity contribution in [2.45, 2.75) is 13.6 Å². The van der Waals surface area contributed by atoms with E-state index in [1.807, 2.05) is 0 Å². The minimum absolute atomic E-state index is 0.0921. The SMILES string of the molecule is CCOC(=O)CN(C)Cn1nnc2ccccc2c1=O. The Kier molecular flexibility index (Phi) is 4.41. The fourth-order valence-corrected chi connectivity index (χ4v) is 1.82. The highest BCUT2D eigenvalue weighted by Gasteiger charge is 2.10. The van der Waals surface area contributed by atoms with E-state index < -0.39 is 0 Å². The van der Waals surface area contributed by atoms with Crippen molar-refractivity contribution in [3.05, 3.63) is 34.6 Å². The predicted molar refractivity (Wildman–Crippen MR) is 73.1 cm³/mol. The average Bonchev–Trinajstić information content (AvgIpc) is 2.42. The third-order valence-corrected chi connectivity index (χ3v) is 2.71. The van der Waals surface area contributed by atoms with Crippen molar-refractivity contribution in [1.82, 2.24) is 19.9 Å². The van der Waals surface area contributed by atoms with Gasteiger partial charge >= 0.3 is 5.97 Å². The second-order valence-electron chi connectivity index (χ2n) is 4.37. The van der Waals surface area contributed by atoms with E-state index in [2.05, 4.69) is 10.3 Å². The van der Waals surface area contributed by atoms with Crippen molar-refractivity contribution in [1.29, 1.82) is 0 Å². The van der Waals surface area contributed by atoms with Gasteiger partial charge in [-0.3, -0.25) is 14.5 Å². The number of fused-ring (bicyclic) bond motifs is 1. The summed E-state index contributed by atoms with van der Waals surface area (Å²) < 4.78 is 6.07. The molecule has 1 aromatic heterocycles. The van der Waals surface area contributed by atoms with E-state index in [0.717, 1.165) is 0 Å². The first kappa shape index (κ1) is 14.1. The van der Waals surface area contributed by atoms with E-state index in [9.17, 15) is 9.59 Å². The Morgan fingerprint density at radius 3 is 2.90 bits per heavy atom. The molecular weight excluding hydrogens is 260 g/mol. The van der Waals surface area contributed by atoms with Crippen LogP contribution in [0.5, 0.6) is 0 Å². The first-order chi connectivity index (χ1) is 9.61. The van der Waals surface area contributed by atoms with E-state index in [1.165, 1.54) is 4.68 Å². The minimum Gasteiger partial charge on any atom is -0.465 e. The van der Waals surface area contributed by atoms with Gasteiger partial charge in [-0.1, -0.05) is 17.3 Å². The van der Waals surface area contributed by atoms with Gasteiger partial charge < -0.3 is 4.74 Å². The molecule has 0 aliphatic heterocycles. The number of likely N-dealkylation sites (N-methyl/N-ethyl adjacent to an activating group) is 1. The molecule has 0 radical (unpaired) electrons. The van der Waals surface area contributed by atoms with Crippen molar-refractivity contribution in [3.63, 3.8) is 0 Å². The van der Waals surface area contributed by atoms with Crippen LogP contribution in [0, 0.1) is 0 Å². The zero-order valence-corrected chi connectivity index (χ0v) is 11.4. The first-order valence-electron chi connectivity index (χ1n) is 6.28. The summed E-state index contributed by atoms with van der Waals surface area (Å²) in [5.74, 6) is -0.336. The third kappa shape index (κ3) is 3.18. The molecule has 0 amide bonds. The molecule has 0 atom stereocenters. The van der Waals surface area contributed by atoms with Crippen LogP contribution in [0.3, 0.4) is 0 Å². The maximum Gasteiger partial charge on any atom is 0.320 e. The van der Waals surface area contributed by atoms with Crippen molar-refractivity contribution in [2.75, 3.05) is 20.2 Å². The average molecular weight is 276 g/mol. The summed E-state index contributed by atoms with van der Waals surface area (Å²) in [4.78, 5) is 25.2. The van der Waals surface area contributed by atoms with Crippen LogP contribution in [0.25, 0.3) is 10.9 Å². The van der Waals surface area contributed by atoms with Gasteiger partial charge in [-0.15, -0.1) is 5.10 Å². The lowest BCUT2D eigenvalue weighted by Gasteiger charge is -2.15. The molecule has 0 unspecified atom stereocenters. The molecule has 7 nitrogen and oxygen atoms in total. The number of benzene rings is 1. The summed E-state index contributed by atoms with van der Waals surface area (Å²) in [5, 5.41) is 8.35. The summed E-state index contributed by atoms with van der Waals surface area (Å²) in [5.41, 5.74) is 0.327. The maximum atomic E-state index is 12.2. The quantitative estimate of drug-likeness (QED) is 0.728. The number of hydrogen-bond acceptors (Lipinski definition) is 6.